The highest BCUT2D eigenvalue weighted by Crippen LogP contribution is 2.54. The third kappa shape index (κ3) is 4.80. The number of nitrogens with zero attached hydrogens (tertiary/aromatic N) is 6. The summed E-state index contributed by atoms with van der Waals surface area (Å²) in [6.07, 6.45) is 4.05. The lowest BCUT2D eigenvalue weighted by atomic mass is 10.1. The van der Waals surface area contributed by atoms with Gasteiger partial charge >= 0.3 is 0 Å². The molecular weight excluding hydrogens is 641 g/mol. The molecule has 0 fully saturated rings. The summed E-state index contributed by atoms with van der Waals surface area (Å²) in [4.78, 5) is 12.8. The zero-order valence-corrected chi connectivity index (χ0v) is 27.7. The Balaban J connectivity index is 1.16. The van der Waals surface area contributed by atoms with Gasteiger partial charge in [0.1, 0.15) is 34.8 Å². The topological polar surface area (TPSA) is 87.4 Å². The number of thiophene rings is 3. The molecule has 0 spiro atoms. The van der Waals surface area contributed by atoms with Crippen LogP contribution in [0.5, 0.6) is 11.5 Å². The standard InChI is InChI=1S/C33H24N6O2S4/c1-38(2)20-8-4-18(5-9-20)23-14-25-26(42-23)15-24(43-25)22-16-35-29(28-27(22)36-45-37-28)33-31-30(40-12-13-41-31)32(44-33)19-6-10-21(11-7-19)39(3)17-34/h4-11,14-16H,12-13H2,1-3H3. The quantitative estimate of drug-likeness (QED) is 0.129. The van der Waals surface area contributed by atoms with Crippen LogP contribution in [0.2, 0.25) is 0 Å². The van der Waals surface area contributed by atoms with E-state index < -0.39 is 0 Å². The van der Waals surface area contributed by atoms with Crippen molar-refractivity contribution < 1.29 is 9.47 Å². The van der Waals surface area contributed by atoms with Gasteiger partial charge in [0.15, 0.2) is 17.7 Å². The van der Waals surface area contributed by atoms with Gasteiger partial charge in [0.05, 0.1) is 22.3 Å². The lowest BCUT2D eigenvalue weighted by molar-refractivity contribution is 0.175. The second-order valence-electron chi connectivity index (χ2n) is 10.7. The normalized spacial score (nSPS) is 12.5. The first-order valence-corrected chi connectivity index (χ1v) is 17.3. The Kier molecular flexibility index (Phi) is 6.91. The van der Waals surface area contributed by atoms with Gasteiger partial charge < -0.3 is 14.4 Å². The van der Waals surface area contributed by atoms with Crippen molar-refractivity contribution in [2.45, 2.75) is 0 Å². The Morgan fingerprint density at radius 3 is 2.07 bits per heavy atom. The average molecular weight is 665 g/mol. The molecule has 0 amide bonds. The van der Waals surface area contributed by atoms with Gasteiger partial charge in [-0.05, 0) is 47.5 Å². The fourth-order valence-corrected chi connectivity index (χ4v) is 9.51. The highest BCUT2D eigenvalue weighted by atomic mass is 32.1. The molecule has 0 radical (unpaired) electrons. The SMILES string of the molecule is CN(C)c1ccc(-c2cc3sc(-c4cnc(-c5sc(-c6ccc(N(C)C#N)cc6)c6c5OCCO6)c5nsnc45)cc3s2)cc1. The third-order valence-electron chi connectivity index (χ3n) is 7.71. The van der Waals surface area contributed by atoms with Crippen LogP contribution in [-0.4, -0.2) is 48.1 Å². The van der Waals surface area contributed by atoms with Crippen LogP contribution >= 0.6 is 45.7 Å². The van der Waals surface area contributed by atoms with Crippen molar-refractivity contribution in [2.24, 2.45) is 0 Å². The van der Waals surface area contributed by atoms with Crippen LogP contribution in [0.25, 0.3) is 62.3 Å². The summed E-state index contributed by atoms with van der Waals surface area (Å²) in [7, 11) is 5.85. The summed E-state index contributed by atoms with van der Waals surface area (Å²) < 4.78 is 24.3. The Bertz CT molecular complexity index is 2210. The molecular formula is C33H24N6O2S4. The smallest absolute Gasteiger partial charge is 0.183 e. The van der Waals surface area contributed by atoms with Crippen LogP contribution in [-0.2, 0) is 0 Å². The van der Waals surface area contributed by atoms with Crippen LogP contribution in [0.1, 0.15) is 0 Å². The minimum Gasteiger partial charge on any atom is -0.485 e. The minimum absolute atomic E-state index is 0.465. The molecule has 222 valence electrons. The van der Waals surface area contributed by atoms with Gasteiger partial charge in [0, 0.05) is 57.7 Å². The molecule has 0 unspecified atom stereocenters. The fraction of sp³-hybridized carbons (Fsp3) is 0.152. The summed E-state index contributed by atoms with van der Waals surface area (Å²) in [5.74, 6) is 1.41. The molecule has 1 aliphatic heterocycles. The summed E-state index contributed by atoms with van der Waals surface area (Å²) in [6, 6.07) is 21.1. The molecule has 7 aromatic rings. The summed E-state index contributed by atoms with van der Waals surface area (Å²) in [6.45, 7) is 0.941. The fourth-order valence-electron chi connectivity index (χ4n) is 5.34. The van der Waals surface area contributed by atoms with E-state index in [-0.39, 0.29) is 0 Å². The number of ether oxygens (including phenoxy) is 2. The van der Waals surface area contributed by atoms with Crippen molar-refractivity contribution in [1.29, 1.82) is 5.26 Å². The van der Waals surface area contributed by atoms with Gasteiger partial charge in [-0.1, -0.05) is 24.3 Å². The van der Waals surface area contributed by atoms with E-state index in [2.05, 4.69) is 61.6 Å². The molecule has 1 aliphatic rings. The molecule has 8 rings (SSSR count). The van der Waals surface area contributed by atoms with Gasteiger partial charge in [-0.25, -0.2) is 0 Å². The maximum atomic E-state index is 9.25. The van der Waals surface area contributed by atoms with Gasteiger partial charge in [-0.2, -0.15) is 14.0 Å². The van der Waals surface area contributed by atoms with Crippen molar-refractivity contribution in [3.8, 4) is 59.6 Å². The molecule has 0 atom stereocenters. The first-order valence-electron chi connectivity index (χ1n) is 14.1. The average Bonchev–Trinajstić information content (AvgIpc) is 3.87. The molecule has 0 N–H and O–H groups in total. The third-order valence-corrected chi connectivity index (χ3v) is 11.8. The molecule has 45 heavy (non-hydrogen) atoms. The van der Waals surface area contributed by atoms with Gasteiger partial charge in [-0.15, -0.1) is 34.0 Å². The van der Waals surface area contributed by atoms with Crippen molar-refractivity contribution in [3.63, 3.8) is 0 Å². The lowest BCUT2D eigenvalue weighted by Gasteiger charge is -2.17. The first-order chi connectivity index (χ1) is 22.0. The Morgan fingerprint density at radius 2 is 1.36 bits per heavy atom. The molecule has 5 aromatic heterocycles. The van der Waals surface area contributed by atoms with Crippen LogP contribution in [0, 0.1) is 11.5 Å². The van der Waals surface area contributed by atoms with Crippen molar-refractivity contribution in [3.05, 3.63) is 66.9 Å². The second kappa shape index (κ2) is 11.1. The maximum Gasteiger partial charge on any atom is 0.183 e. The number of hydrogen-bond donors (Lipinski definition) is 0. The Hall–Kier alpha value is -4.54. The van der Waals surface area contributed by atoms with Crippen molar-refractivity contribution >= 4 is 77.5 Å². The number of fused-ring (bicyclic) bond motifs is 3. The molecule has 0 saturated heterocycles. The van der Waals surface area contributed by atoms with Crippen LogP contribution in [0.3, 0.4) is 0 Å². The van der Waals surface area contributed by atoms with Crippen molar-refractivity contribution in [2.75, 3.05) is 44.2 Å². The van der Waals surface area contributed by atoms with Crippen molar-refractivity contribution in [1.82, 2.24) is 13.7 Å². The van der Waals surface area contributed by atoms with E-state index in [4.69, 9.17) is 23.2 Å². The number of nitriles is 1. The molecule has 8 nitrogen and oxygen atoms in total. The molecule has 0 aliphatic carbocycles. The van der Waals surface area contributed by atoms with Crippen LogP contribution < -0.4 is 19.3 Å². The van der Waals surface area contributed by atoms with E-state index in [0.717, 1.165) is 53.9 Å². The molecule has 0 saturated carbocycles. The molecule has 12 heteroatoms. The maximum absolute atomic E-state index is 9.25. The van der Waals surface area contributed by atoms with E-state index in [0.29, 0.717) is 19.0 Å². The summed E-state index contributed by atoms with van der Waals surface area (Å²) in [5.41, 5.74) is 7.53. The second-order valence-corrected chi connectivity index (χ2v) is 14.4. The van der Waals surface area contributed by atoms with Gasteiger partial charge in [0.2, 0.25) is 0 Å². The number of pyridine rings is 1. The monoisotopic (exact) mass is 664 g/mol. The predicted octanol–water partition coefficient (Wildman–Crippen LogP) is 8.85. The number of hydrogen-bond acceptors (Lipinski definition) is 12. The first kappa shape index (κ1) is 28.0. The Labute approximate surface area is 275 Å². The van der Waals surface area contributed by atoms with E-state index in [1.165, 1.54) is 42.2 Å². The lowest BCUT2D eigenvalue weighted by Crippen LogP contribution is -2.15. The number of anilines is 2. The number of benzene rings is 2. The molecule has 6 heterocycles. The Morgan fingerprint density at radius 1 is 0.733 bits per heavy atom. The number of rotatable bonds is 6. The van der Waals surface area contributed by atoms with E-state index in [1.807, 2.05) is 30.5 Å². The van der Waals surface area contributed by atoms with E-state index >= 15 is 0 Å². The zero-order chi connectivity index (χ0) is 30.7. The van der Waals surface area contributed by atoms with Gasteiger partial charge in [0.25, 0.3) is 0 Å². The van der Waals surface area contributed by atoms with Crippen LogP contribution in [0.4, 0.5) is 11.4 Å². The van der Waals surface area contributed by atoms with E-state index in [9.17, 15) is 5.26 Å². The molecule has 2 aromatic carbocycles. The highest BCUT2D eigenvalue weighted by Gasteiger charge is 2.29. The summed E-state index contributed by atoms with van der Waals surface area (Å²) in [5, 5.41) is 9.25. The predicted molar refractivity (Wildman–Crippen MR) is 187 cm³/mol. The minimum atomic E-state index is 0.465. The zero-order valence-electron chi connectivity index (χ0n) is 24.4. The molecule has 0 bridgehead atoms. The highest BCUT2D eigenvalue weighted by molar-refractivity contribution is 7.31. The summed E-state index contributed by atoms with van der Waals surface area (Å²) >= 11 is 6.33. The van der Waals surface area contributed by atoms with E-state index in [1.54, 1.807) is 41.1 Å². The number of aromatic nitrogens is 3. The van der Waals surface area contributed by atoms with Gasteiger partial charge in [-0.3, -0.25) is 9.88 Å². The van der Waals surface area contributed by atoms with Crippen LogP contribution in [0.15, 0.2) is 66.9 Å². The largest absolute Gasteiger partial charge is 0.485 e.